The van der Waals surface area contributed by atoms with Gasteiger partial charge in [-0.2, -0.15) is 0 Å². The first kappa shape index (κ1) is 46.5. The molecule has 0 fully saturated rings. The second kappa shape index (κ2) is 19.6. The van der Waals surface area contributed by atoms with Gasteiger partial charge in [-0.05, 0) is 82.2 Å². The van der Waals surface area contributed by atoms with Gasteiger partial charge in [0.2, 0.25) is 3.79 Å². The first-order chi connectivity index (χ1) is 22.7. The van der Waals surface area contributed by atoms with Gasteiger partial charge in [0, 0.05) is 10.8 Å². The van der Waals surface area contributed by atoms with E-state index in [2.05, 4.69) is 4.98 Å². The van der Waals surface area contributed by atoms with Crippen LogP contribution in [0.3, 0.4) is 0 Å². The molecule has 5 atom stereocenters. The fraction of sp³-hybridized carbons (Fsp3) is 0.722. The number of aliphatic carboxylic acids is 1. The smallest absolute Gasteiger partial charge is 0.481 e. The van der Waals surface area contributed by atoms with Gasteiger partial charge in [0.15, 0.2) is 8.32 Å². The van der Waals surface area contributed by atoms with E-state index in [1.54, 1.807) is 32.1 Å². The molecule has 0 saturated heterocycles. The molecule has 1 rings (SSSR count). The highest BCUT2D eigenvalue weighted by molar-refractivity contribution is 7.09. The third-order valence-electron chi connectivity index (χ3n) is 9.55. The van der Waals surface area contributed by atoms with Crippen molar-refractivity contribution >= 4 is 78.4 Å². The molecule has 2 N–H and O–H groups in total. The Morgan fingerprint density at radius 1 is 1.08 bits per heavy atom. The summed E-state index contributed by atoms with van der Waals surface area (Å²) in [5.74, 6) is -2.51. The van der Waals surface area contributed by atoms with Crippen molar-refractivity contribution in [2.24, 2.45) is 17.3 Å². The van der Waals surface area contributed by atoms with Crippen molar-refractivity contribution in [3.8, 4) is 0 Å². The molecule has 50 heavy (non-hydrogen) atoms. The molecule has 0 radical (unpaired) electrons. The highest BCUT2D eigenvalue weighted by Crippen LogP contribution is 2.42. The van der Waals surface area contributed by atoms with Crippen LogP contribution in [0.1, 0.15) is 105 Å². The van der Waals surface area contributed by atoms with Gasteiger partial charge in [-0.15, -0.1) is 11.3 Å². The first-order valence-electron chi connectivity index (χ1n) is 17.0. The van der Waals surface area contributed by atoms with Gasteiger partial charge in [0.25, 0.3) is 0 Å². The molecule has 0 saturated carbocycles. The van der Waals surface area contributed by atoms with Crippen molar-refractivity contribution in [2.75, 3.05) is 6.61 Å². The summed E-state index contributed by atoms with van der Waals surface area (Å²) in [4.78, 5) is 43.5. The van der Waals surface area contributed by atoms with Gasteiger partial charge < -0.3 is 24.1 Å². The topological polar surface area (TPSA) is 132 Å². The largest absolute Gasteiger partial charge is 0.508 e. The normalized spacial score (nSPS) is 16.7. The van der Waals surface area contributed by atoms with Crippen LogP contribution in [0.2, 0.25) is 18.1 Å². The van der Waals surface area contributed by atoms with Gasteiger partial charge in [-0.25, -0.2) is 9.78 Å². The molecule has 286 valence electrons. The summed E-state index contributed by atoms with van der Waals surface area (Å²) in [5.41, 5.74) is 1.53. The Morgan fingerprint density at radius 3 is 2.18 bits per heavy atom. The Morgan fingerprint density at radius 2 is 1.68 bits per heavy atom. The van der Waals surface area contributed by atoms with E-state index in [1.165, 1.54) is 0 Å². The standard InChI is InChI=1S/C36H58Cl3NO8SSi/c1-22(16-17-28(41)24(3)18-27-20-49-26(5)40-27)14-13-15-23(2)31(47-33(45)46-21-36(37,38)39)25(4)32(44)35(9,10)29(19-30(42)43)48-50(11,12)34(6,7)8/h16,18,20,23,25,28-29,31,41H,13-15,17,19,21H2,1-12H3,(H,42,43)/b22-16-,24-18+/t23-,25+,28-,29-,31-/m0/s1. The lowest BCUT2D eigenvalue weighted by molar-refractivity contribution is -0.147. The van der Waals surface area contributed by atoms with Crippen LogP contribution < -0.4 is 0 Å². The molecule has 0 amide bonds. The Labute approximate surface area is 319 Å². The maximum Gasteiger partial charge on any atom is 0.508 e. The molecule has 0 aromatic carbocycles. The number of allylic oxidation sites excluding steroid dienone is 1. The third kappa shape index (κ3) is 15.6. The van der Waals surface area contributed by atoms with E-state index in [9.17, 15) is 24.6 Å². The number of carboxylic acid groups (broad SMARTS) is 1. The molecule has 1 heterocycles. The van der Waals surface area contributed by atoms with Crippen LogP contribution in [0, 0.1) is 24.2 Å². The SMILES string of the molecule is C/C(=C/C[C@H](O)/C(C)=C/c1csc(C)n1)CCC[C@H](C)[C@H](OC(=O)OCC(Cl)(Cl)Cl)[C@@H](C)C(=O)C(C)(C)[C@H](CC(=O)O)O[Si](C)(C)C(C)(C)C. The number of carbonyl (C=O) groups is 3. The van der Waals surface area contributed by atoms with Crippen LogP contribution in [0.4, 0.5) is 4.79 Å². The molecule has 1 aromatic heterocycles. The van der Waals surface area contributed by atoms with Crippen molar-refractivity contribution in [3.05, 3.63) is 33.3 Å². The number of halogens is 3. The van der Waals surface area contributed by atoms with Gasteiger partial charge >= 0.3 is 12.1 Å². The van der Waals surface area contributed by atoms with Gasteiger partial charge in [-0.1, -0.05) is 94.9 Å². The van der Waals surface area contributed by atoms with E-state index in [0.29, 0.717) is 12.8 Å². The quantitative estimate of drug-likeness (QED) is 0.0607. The number of ketones is 1. The summed E-state index contributed by atoms with van der Waals surface area (Å²) in [7, 11) is -2.48. The molecule has 0 bridgehead atoms. The number of aliphatic hydroxyl groups excluding tert-OH is 1. The molecule has 9 nitrogen and oxygen atoms in total. The fourth-order valence-corrected chi connectivity index (χ4v) is 7.45. The predicted octanol–water partition coefficient (Wildman–Crippen LogP) is 10.3. The minimum atomic E-state index is -2.48. The molecule has 1 aromatic rings. The van der Waals surface area contributed by atoms with Gasteiger partial charge in [-0.3, -0.25) is 9.59 Å². The molecule has 0 aliphatic carbocycles. The number of aryl methyl sites for hydroxylation is 1. The molecule has 0 aliphatic rings. The van der Waals surface area contributed by atoms with E-state index in [4.69, 9.17) is 48.7 Å². The maximum atomic E-state index is 14.3. The zero-order chi connectivity index (χ0) is 38.8. The van der Waals surface area contributed by atoms with E-state index in [-0.39, 0.29) is 23.2 Å². The number of nitrogens with zero attached hydrogens (tertiary/aromatic N) is 1. The summed E-state index contributed by atoms with van der Waals surface area (Å²) < 4.78 is 15.5. The van der Waals surface area contributed by atoms with Crippen molar-refractivity contribution < 1.29 is 38.5 Å². The molecular weight excluding hydrogens is 741 g/mol. The van der Waals surface area contributed by atoms with E-state index < -0.39 is 60.5 Å². The van der Waals surface area contributed by atoms with Crippen LogP contribution >= 0.6 is 46.1 Å². The van der Waals surface area contributed by atoms with Crippen LogP contribution in [-0.2, 0) is 23.5 Å². The molecule has 14 heteroatoms. The van der Waals surface area contributed by atoms with E-state index >= 15 is 0 Å². The number of Topliss-reactive ketones (excluding diaryl/α,β-unsaturated/α-hetero) is 1. The Hall–Kier alpha value is -1.47. The average molecular weight is 799 g/mol. The number of ether oxygens (including phenoxy) is 2. The van der Waals surface area contributed by atoms with Gasteiger partial charge in [0.1, 0.15) is 18.5 Å². The number of aromatic nitrogens is 1. The highest BCUT2D eigenvalue weighted by atomic mass is 35.6. The van der Waals surface area contributed by atoms with Gasteiger partial charge in [0.05, 0.1) is 35.2 Å². The summed E-state index contributed by atoms with van der Waals surface area (Å²) in [6, 6.07) is 0. The number of hydrogen-bond donors (Lipinski definition) is 2. The summed E-state index contributed by atoms with van der Waals surface area (Å²) >= 11 is 18.9. The lowest BCUT2D eigenvalue weighted by Crippen LogP contribution is -2.53. The molecule has 0 unspecified atom stereocenters. The minimum Gasteiger partial charge on any atom is -0.481 e. The summed E-state index contributed by atoms with van der Waals surface area (Å²) in [6.07, 6.45) is 2.51. The Kier molecular flexibility index (Phi) is 18.2. The molecule has 0 aliphatic heterocycles. The number of alkyl halides is 3. The Balaban J connectivity index is 3.16. The van der Waals surface area contributed by atoms with Crippen LogP contribution in [0.25, 0.3) is 6.08 Å². The number of carboxylic acids is 1. The number of aliphatic hydroxyl groups is 1. The highest BCUT2D eigenvalue weighted by Gasteiger charge is 2.49. The van der Waals surface area contributed by atoms with Crippen LogP contribution in [0.5, 0.6) is 0 Å². The Bertz CT molecular complexity index is 1350. The van der Waals surface area contributed by atoms with Crippen LogP contribution in [-0.4, -0.2) is 70.1 Å². The predicted molar refractivity (Wildman–Crippen MR) is 207 cm³/mol. The number of carbonyl (C=O) groups excluding carboxylic acids is 2. The summed E-state index contributed by atoms with van der Waals surface area (Å²) in [6.45, 7) is 22.4. The number of hydrogen-bond acceptors (Lipinski definition) is 9. The molecular formula is C36H58Cl3NO8SSi. The lowest BCUT2D eigenvalue weighted by atomic mass is 9.73. The van der Waals surface area contributed by atoms with E-state index in [1.807, 2.05) is 79.1 Å². The zero-order valence-electron chi connectivity index (χ0n) is 31.7. The second-order valence-corrected chi connectivity index (χ2v) is 23.8. The third-order valence-corrected chi connectivity index (χ3v) is 15.2. The fourth-order valence-electron chi connectivity index (χ4n) is 5.27. The average Bonchev–Trinajstić information content (AvgIpc) is 3.38. The summed E-state index contributed by atoms with van der Waals surface area (Å²) in [5, 5.41) is 23.2. The van der Waals surface area contributed by atoms with Crippen molar-refractivity contribution in [2.45, 2.75) is 142 Å². The minimum absolute atomic E-state index is 0.220. The second-order valence-electron chi connectivity index (χ2n) is 15.4. The molecule has 0 spiro atoms. The monoisotopic (exact) mass is 797 g/mol. The number of rotatable bonds is 19. The zero-order valence-corrected chi connectivity index (χ0v) is 35.8. The van der Waals surface area contributed by atoms with E-state index in [0.717, 1.165) is 34.7 Å². The van der Waals surface area contributed by atoms with Crippen molar-refractivity contribution in [1.82, 2.24) is 4.98 Å². The number of thiazole rings is 1. The van der Waals surface area contributed by atoms with Crippen molar-refractivity contribution in [1.29, 1.82) is 0 Å². The maximum absolute atomic E-state index is 14.3. The van der Waals surface area contributed by atoms with Crippen molar-refractivity contribution in [3.63, 3.8) is 0 Å². The lowest BCUT2D eigenvalue weighted by Gasteiger charge is -2.44. The van der Waals surface area contributed by atoms with Crippen LogP contribution in [0.15, 0.2) is 22.6 Å². The first-order valence-corrected chi connectivity index (χ1v) is 21.9.